The van der Waals surface area contributed by atoms with Crippen LogP contribution in [-0.4, -0.2) is 27.8 Å². The summed E-state index contributed by atoms with van der Waals surface area (Å²) in [6.07, 6.45) is 3.06. The Hall–Kier alpha value is -3.68. The lowest BCUT2D eigenvalue weighted by molar-refractivity contribution is -0.384. The maximum atomic E-state index is 11.0. The van der Waals surface area contributed by atoms with Gasteiger partial charge in [-0.2, -0.15) is 5.10 Å². The highest BCUT2D eigenvalue weighted by atomic mass is 16.6. The van der Waals surface area contributed by atoms with Gasteiger partial charge in [-0.1, -0.05) is 0 Å². The Morgan fingerprint density at radius 3 is 2.69 bits per heavy atom. The Balaban J connectivity index is 1.85. The highest BCUT2D eigenvalue weighted by molar-refractivity contribution is 5.80. The van der Waals surface area contributed by atoms with Gasteiger partial charge in [-0.15, -0.1) is 0 Å². The summed E-state index contributed by atoms with van der Waals surface area (Å²) in [6.45, 7) is 1.98. The van der Waals surface area contributed by atoms with E-state index in [2.05, 4.69) is 15.5 Å². The van der Waals surface area contributed by atoms with Gasteiger partial charge in [-0.3, -0.25) is 15.5 Å². The van der Waals surface area contributed by atoms with Crippen LogP contribution in [0.2, 0.25) is 0 Å². The van der Waals surface area contributed by atoms with Crippen LogP contribution in [0.1, 0.15) is 11.4 Å². The molecule has 2 heterocycles. The fourth-order valence-electron chi connectivity index (χ4n) is 2.53. The summed E-state index contributed by atoms with van der Waals surface area (Å²) in [4.78, 5) is 14.5. The molecule has 0 aliphatic carbocycles. The topological polar surface area (TPSA) is 94.6 Å². The summed E-state index contributed by atoms with van der Waals surface area (Å²) in [5, 5.41) is 15.1. The number of pyridine rings is 1. The number of methoxy groups -OCH3 is 1. The van der Waals surface area contributed by atoms with Gasteiger partial charge < -0.3 is 9.30 Å². The molecule has 0 saturated carbocycles. The Labute approximate surface area is 149 Å². The van der Waals surface area contributed by atoms with Crippen LogP contribution in [0.4, 0.5) is 11.5 Å². The van der Waals surface area contributed by atoms with Crippen LogP contribution in [0.25, 0.3) is 5.69 Å². The third-order valence-electron chi connectivity index (χ3n) is 3.79. The van der Waals surface area contributed by atoms with Crippen LogP contribution in [0.5, 0.6) is 5.75 Å². The standard InChI is InChI=1S/C18H17N5O3/c1-13-5-6-15(22(13)14-7-9-16(26-2)10-8-14)12-20-21-18-17(23(24)25)4-3-11-19-18/h3-12H,1-2H3,(H,19,21)/b20-12+. The number of aromatic nitrogens is 2. The Morgan fingerprint density at radius 2 is 2.00 bits per heavy atom. The fourth-order valence-corrected chi connectivity index (χ4v) is 2.53. The van der Waals surface area contributed by atoms with E-state index < -0.39 is 4.92 Å². The largest absolute Gasteiger partial charge is 0.497 e. The lowest BCUT2D eigenvalue weighted by Crippen LogP contribution is -2.03. The van der Waals surface area contributed by atoms with Crippen molar-refractivity contribution in [2.75, 3.05) is 12.5 Å². The highest BCUT2D eigenvalue weighted by Gasteiger charge is 2.13. The van der Waals surface area contributed by atoms with Gasteiger partial charge in [0.1, 0.15) is 5.75 Å². The molecule has 8 heteroatoms. The van der Waals surface area contributed by atoms with Crippen LogP contribution < -0.4 is 10.2 Å². The average Bonchev–Trinajstić information content (AvgIpc) is 3.02. The summed E-state index contributed by atoms with van der Waals surface area (Å²) >= 11 is 0. The zero-order valence-electron chi connectivity index (χ0n) is 14.3. The molecule has 0 radical (unpaired) electrons. The third-order valence-corrected chi connectivity index (χ3v) is 3.79. The van der Waals surface area contributed by atoms with Crippen molar-refractivity contribution in [2.24, 2.45) is 5.10 Å². The first kappa shape index (κ1) is 17.2. The van der Waals surface area contributed by atoms with Crippen molar-refractivity contribution in [2.45, 2.75) is 6.92 Å². The monoisotopic (exact) mass is 351 g/mol. The van der Waals surface area contributed by atoms with Gasteiger partial charge in [0.15, 0.2) is 0 Å². The van der Waals surface area contributed by atoms with E-state index in [1.807, 2.05) is 47.9 Å². The van der Waals surface area contributed by atoms with Gasteiger partial charge in [0.25, 0.3) is 0 Å². The quantitative estimate of drug-likeness (QED) is 0.416. The van der Waals surface area contributed by atoms with Crippen molar-refractivity contribution in [1.29, 1.82) is 0 Å². The van der Waals surface area contributed by atoms with Gasteiger partial charge in [0.05, 0.1) is 23.9 Å². The minimum Gasteiger partial charge on any atom is -0.497 e. The zero-order chi connectivity index (χ0) is 18.5. The van der Waals surface area contributed by atoms with E-state index in [-0.39, 0.29) is 11.5 Å². The zero-order valence-corrected chi connectivity index (χ0v) is 14.3. The average molecular weight is 351 g/mol. The molecule has 132 valence electrons. The maximum Gasteiger partial charge on any atom is 0.313 e. The van der Waals surface area contributed by atoms with Gasteiger partial charge in [0, 0.05) is 23.6 Å². The number of hydrogen-bond donors (Lipinski definition) is 1. The number of benzene rings is 1. The van der Waals surface area contributed by atoms with Crippen LogP contribution in [0.15, 0.2) is 59.8 Å². The van der Waals surface area contributed by atoms with Crippen LogP contribution in [0.3, 0.4) is 0 Å². The molecular weight excluding hydrogens is 334 g/mol. The van der Waals surface area contributed by atoms with E-state index >= 15 is 0 Å². The van der Waals surface area contributed by atoms with Gasteiger partial charge in [-0.05, 0) is 49.4 Å². The minimum atomic E-state index is -0.505. The molecule has 3 aromatic rings. The molecule has 1 N–H and O–H groups in total. The van der Waals surface area contributed by atoms with Crippen LogP contribution in [-0.2, 0) is 0 Å². The van der Waals surface area contributed by atoms with Crippen LogP contribution >= 0.6 is 0 Å². The summed E-state index contributed by atoms with van der Waals surface area (Å²) in [5.74, 6) is 0.867. The van der Waals surface area contributed by atoms with E-state index in [4.69, 9.17) is 4.74 Å². The fraction of sp³-hybridized carbons (Fsp3) is 0.111. The predicted molar refractivity (Wildman–Crippen MR) is 99.2 cm³/mol. The van der Waals surface area contributed by atoms with E-state index in [0.717, 1.165) is 22.8 Å². The van der Waals surface area contributed by atoms with Crippen molar-refractivity contribution >= 4 is 17.7 Å². The number of hydrazone groups is 1. The van der Waals surface area contributed by atoms with Crippen molar-refractivity contribution in [1.82, 2.24) is 9.55 Å². The Bertz CT molecular complexity index is 948. The third kappa shape index (κ3) is 3.54. The number of hydrogen-bond acceptors (Lipinski definition) is 6. The molecule has 0 fully saturated rings. The minimum absolute atomic E-state index is 0.0908. The van der Waals surface area contributed by atoms with Crippen molar-refractivity contribution in [3.63, 3.8) is 0 Å². The molecule has 0 amide bonds. The lowest BCUT2D eigenvalue weighted by Gasteiger charge is -2.10. The second-order valence-corrected chi connectivity index (χ2v) is 5.43. The first-order valence-electron chi connectivity index (χ1n) is 7.81. The molecule has 2 aromatic heterocycles. The molecule has 0 atom stereocenters. The van der Waals surface area contributed by atoms with Gasteiger partial charge in [0.2, 0.25) is 5.82 Å². The molecule has 0 aliphatic heterocycles. The predicted octanol–water partition coefficient (Wildman–Crippen LogP) is 3.54. The molecular formula is C18H17N5O3. The summed E-state index contributed by atoms with van der Waals surface area (Å²) in [7, 11) is 1.62. The number of aryl methyl sites for hydroxylation is 1. The van der Waals surface area contributed by atoms with E-state index in [1.165, 1.54) is 18.3 Å². The number of nitrogens with one attached hydrogen (secondary N) is 1. The van der Waals surface area contributed by atoms with Crippen molar-refractivity contribution in [3.05, 3.63) is 76.2 Å². The second-order valence-electron chi connectivity index (χ2n) is 5.43. The summed E-state index contributed by atoms with van der Waals surface area (Å²) < 4.78 is 7.20. The van der Waals surface area contributed by atoms with Crippen molar-refractivity contribution < 1.29 is 9.66 Å². The Morgan fingerprint density at radius 1 is 1.23 bits per heavy atom. The lowest BCUT2D eigenvalue weighted by atomic mass is 10.3. The molecule has 0 unspecified atom stereocenters. The van der Waals surface area contributed by atoms with E-state index in [1.54, 1.807) is 13.3 Å². The number of nitrogens with zero attached hydrogens (tertiary/aromatic N) is 4. The van der Waals surface area contributed by atoms with Crippen molar-refractivity contribution in [3.8, 4) is 11.4 Å². The smallest absolute Gasteiger partial charge is 0.313 e. The molecule has 0 spiro atoms. The maximum absolute atomic E-state index is 11.0. The van der Waals surface area contributed by atoms with E-state index in [9.17, 15) is 10.1 Å². The molecule has 8 nitrogen and oxygen atoms in total. The number of rotatable bonds is 6. The summed E-state index contributed by atoms with van der Waals surface area (Å²) in [5.41, 5.74) is 5.30. The summed E-state index contributed by atoms with van der Waals surface area (Å²) in [6, 6.07) is 14.4. The molecule has 0 aliphatic rings. The first-order chi connectivity index (χ1) is 12.6. The molecule has 1 aromatic carbocycles. The van der Waals surface area contributed by atoms with E-state index in [0.29, 0.717) is 0 Å². The number of anilines is 1. The SMILES string of the molecule is COc1ccc(-n2c(C)ccc2/C=N/Nc2ncccc2[N+](=O)[O-])cc1. The molecule has 26 heavy (non-hydrogen) atoms. The van der Waals surface area contributed by atoms with Gasteiger partial charge >= 0.3 is 5.69 Å². The van der Waals surface area contributed by atoms with Crippen LogP contribution in [0, 0.1) is 17.0 Å². The molecule has 0 bridgehead atoms. The number of ether oxygens (including phenoxy) is 1. The normalized spacial score (nSPS) is 10.8. The molecule has 3 rings (SSSR count). The highest BCUT2D eigenvalue weighted by Crippen LogP contribution is 2.21. The Kier molecular flexibility index (Phi) is 4.93. The first-order valence-corrected chi connectivity index (χ1v) is 7.81. The second kappa shape index (κ2) is 7.47. The number of nitro groups is 1. The molecule has 0 saturated heterocycles. The van der Waals surface area contributed by atoms with Gasteiger partial charge in [-0.25, -0.2) is 4.98 Å².